The fourth-order valence-electron chi connectivity index (χ4n) is 2.79. The molecule has 30 heavy (non-hydrogen) atoms. The van der Waals surface area contributed by atoms with Gasteiger partial charge in [-0.2, -0.15) is 0 Å². The van der Waals surface area contributed by atoms with Gasteiger partial charge < -0.3 is 31.8 Å². The van der Waals surface area contributed by atoms with Crippen LogP contribution in [0.4, 0.5) is 22.7 Å². The number of nitrogens with two attached hydrogens (primary N) is 2. The van der Waals surface area contributed by atoms with E-state index in [-0.39, 0.29) is 0 Å². The third kappa shape index (κ3) is 5.14. The molecule has 0 aliphatic rings. The Morgan fingerprint density at radius 2 is 0.867 bits per heavy atom. The molecule has 0 radical (unpaired) electrons. The van der Waals surface area contributed by atoms with Crippen LogP contribution in [0.1, 0.15) is 0 Å². The van der Waals surface area contributed by atoms with Crippen LogP contribution in [-0.4, -0.2) is 0 Å². The number of anilines is 4. The Bertz CT molecular complexity index is 1020. The van der Waals surface area contributed by atoms with Gasteiger partial charge in [-0.05, 0) is 72.8 Å². The smallest absolute Gasteiger partial charge is 0.129 e. The zero-order valence-corrected chi connectivity index (χ0v) is 16.2. The summed E-state index contributed by atoms with van der Waals surface area (Å²) in [5.74, 6) is 2.87. The summed E-state index contributed by atoms with van der Waals surface area (Å²) in [6, 6.07) is 29.9. The van der Waals surface area contributed by atoms with Gasteiger partial charge in [0, 0.05) is 23.5 Å². The predicted octanol–water partition coefficient (Wildman–Crippen LogP) is 5.87. The minimum absolute atomic E-state index is 0.666. The van der Waals surface area contributed by atoms with Crippen molar-refractivity contribution in [2.24, 2.45) is 0 Å². The van der Waals surface area contributed by atoms with E-state index in [2.05, 4.69) is 10.9 Å². The van der Waals surface area contributed by atoms with E-state index in [1.165, 1.54) is 0 Å². The highest BCUT2D eigenvalue weighted by atomic mass is 16.5. The molecule has 0 unspecified atom stereocenters. The van der Waals surface area contributed by atoms with Gasteiger partial charge in [0.25, 0.3) is 0 Å². The quantitative estimate of drug-likeness (QED) is 0.230. The van der Waals surface area contributed by atoms with E-state index >= 15 is 0 Å². The summed E-state index contributed by atoms with van der Waals surface area (Å²) in [7, 11) is 0. The van der Waals surface area contributed by atoms with Gasteiger partial charge in [-0.1, -0.05) is 12.1 Å². The van der Waals surface area contributed by atoms with Crippen LogP contribution in [0, 0.1) is 0 Å². The molecule has 6 heteroatoms. The molecule has 0 aliphatic heterocycles. The van der Waals surface area contributed by atoms with Gasteiger partial charge in [0.05, 0.1) is 11.4 Å². The molecule has 0 spiro atoms. The lowest BCUT2D eigenvalue weighted by atomic mass is 10.3. The average molecular weight is 398 g/mol. The van der Waals surface area contributed by atoms with Crippen molar-refractivity contribution in [3.05, 3.63) is 97.1 Å². The normalized spacial score (nSPS) is 10.3. The highest BCUT2D eigenvalue weighted by molar-refractivity contribution is 5.55. The molecule has 4 rings (SSSR count). The third-order valence-corrected chi connectivity index (χ3v) is 4.25. The van der Waals surface area contributed by atoms with Gasteiger partial charge in [0.1, 0.15) is 23.0 Å². The first-order valence-corrected chi connectivity index (χ1v) is 9.43. The molecule has 0 saturated heterocycles. The number of benzene rings is 4. The molecule has 0 bridgehead atoms. The lowest BCUT2D eigenvalue weighted by molar-refractivity contribution is 0.482. The lowest BCUT2D eigenvalue weighted by Crippen LogP contribution is -2.08. The topological polar surface area (TPSA) is 94.6 Å². The van der Waals surface area contributed by atoms with Crippen molar-refractivity contribution in [3.63, 3.8) is 0 Å². The van der Waals surface area contributed by atoms with E-state index in [0.29, 0.717) is 22.9 Å². The Hall–Kier alpha value is -4.32. The van der Waals surface area contributed by atoms with E-state index in [4.69, 9.17) is 20.9 Å². The maximum atomic E-state index is 5.80. The lowest BCUT2D eigenvalue weighted by Gasteiger charge is -2.12. The predicted molar refractivity (Wildman–Crippen MR) is 122 cm³/mol. The molecule has 0 amide bonds. The standard InChI is InChI=1S/C24H22N4O2/c25-17-3-1-5-23(15-17)29-21-11-7-19(8-12-21)27-28-20-9-13-22(14-10-20)30-24-6-2-4-18(26)16-24/h1-16,27-28H,25-26H2. The van der Waals surface area contributed by atoms with Crippen molar-refractivity contribution in [1.29, 1.82) is 0 Å². The van der Waals surface area contributed by atoms with Gasteiger partial charge >= 0.3 is 0 Å². The van der Waals surface area contributed by atoms with Crippen LogP contribution in [0.2, 0.25) is 0 Å². The molecule has 4 aromatic carbocycles. The number of hydrazine groups is 1. The molecular formula is C24H22N4O2. The van der Waals surface area contributed by atoms with E-state index in [9.17, 15) is 0 Å². The maximum absolute atomic E-state index is 5.80. The summed E-state index contributed by atoms with van der Waals surface area (Å²) < 4.78 is 11.6. The zero-order chi connectivity index (χ0) is 20.8. The number of nitrogen functional groups attached to an aromatic ring is 2. The first kappa shape index (κ1) is 19.0. The van der Waals surface area contributed by atoms with E-state index in [1.54, 1.807) is 12.1 Å². The maximum Gasteiger partial charge on any atom is 0.129 e. The SMILES string of the molecule is Nc1cccc(Oc2ccc(NNc3ccc(Oc4cccc(N)c4)cc3)cc2)c1. The van der Waals surface area contributed by atoms with Gasteiger partial charge in [-0.15, -0.1) is 0 Å². The second-order valence-corrected chi connectivity index (χ2v) is 6.65. The zero-order valence-electron chi connectivity index (χ0n) is 16.2. The van der Waals surface area contributed by atoms with E-state index < -0.39 is 0 Å². The largest absolute Gasteiger partial charge is 0.457 e. The minimum Gasteiger partial charge on any atom is -0.457 e. The molecule has 0 saturated carbocycles. The van der Waals surface area contributed by atoms with Crippen molar-refractivity contribution in [2.45, 2.75) is 0 Å². The summed E-state index contributed by atoms with van der Waals surface area (Å²) in [4.78, 5) is 0. The van der Waals surface area contributed by atoms with Crippen LogP contribution >= 0.6 is 0 Å². The Morgan fingerprint density at radius 1 is 0.467 bits per heavy atom. The van der Waals surface area contributed by atoms with Gasteiger partial charge in [-0.25, -0.2) is 0 Å². The Kier molecular flexibility index (Phi) is 5.57. The Balaban J connectivity index is 1.31. The van der Waals surface area contributed by atoms with Crippen LogP contribution in [0.15, 0.2) is 97.1 Å². The molecule has 6 nitrogen and oxygen atoms in total. The summed E-state index contributed by atoms with van der Waals surface area (Å²) >= 11 is 0. The van der Waals surface area contributed by atoms with Crippen molar-refractivity contribution in [2.75, 3.05) is 22.3 Å². The van der Waals surface area contributed by atoms with Crippen molar-refractivity contribution >= 4 is 22.7 Å². The highest BCUT2D eigenvalue weighted by Gasteiger charge is 2.01. The second kappa shape index (κ2) is 8.79. The third-order valence-electron chi connectivity index (χ3n) is 4.25. The molecule has 6 N–H and O–H groups in total. The second-order valence-electron chi connectivity index (χ2n) is 6.65. The van der Waals surface area contributed by atoms with Crippen molar-refractivity contribution < 1.29 is 9.47 Å². The highest BCUT2D eigenvalue weighted by Crippen LogP contribution is 2.26. The Morgan fingerprint density at radius 3 is 1.23 bits per heavy atom. The molecular weight excluding hydrogens is 376 g/mol. The number of hydrogen-bond acceptors (Lipinski definition) is 6. The van der Waals surface area contributed by atoms with Crippen LogP contribution < -0.4 is 31.8 Å². The molecule has 150 valence electrons. The minimum atomic E-state index is 0.666. The molecule has 0 atom stereocenters. The molecule has 0 aromatic heterocycles. The monoisotopic (exact) mass is 398 g/mol. The summed E-state index contributed by atoms with van der Waals surface area (Å²) in [6.45, 7) is 0. The number of ether oxygens (including phenoxy) is 2. The first-order valence-electron chi connectivity index (χ1n) is 9.43. The Labute approximate surface area is 175 Å². The van der Waals surface area contributed by atoms with Crippen molar-refractivity contribution in [1.82, 2.24) is 0 Å². The number of rotatable bonds is 7. The van der Waals surface area contributed by atoms with Crippen LogP contribution in [0.25, 0.3) is 0 Å². The fourth-order valence-corrected chi connectivity index (χ4v) is 2.79. The van der Waals surface area contributed by atoms with Gasteiger partial charge in [0.2, 0.25) is 0 Å². The van der Waals surface area contributed by atoms with Crippen LogP contribution in [0.3, 0.4) is 0 Å². The van der Waals surface area contributed by atoms with Gasteiger partial charge in [-0.3, -0.25) is 0 Å². The van der Waals surface area contributed by atoms with E-state index in [0.717, 1.165) is 22.9 Å². The number of nitrogens with one attached hydrogen (secondary N) is 2. The molecule has 4 aromatic rings. The van der Waals surface area contributed by atoms with Gasteiger partial charge in [0.15, 0.2) is 0 Å². The first-order chi connectivity index (χ1) is 14.6. The number of hydrogen-bond donors (Lipinski definition) is 4. The summed E-state index contributed by atoms with van der Waals surface area (Å²) in [5.41, 5.74) is 21.0. The van der Waals surface area contributed by atoms with Crippen molar-refractivity contribution in [3.8, 4) is 23.0 Å². The molecule has 0 aliphatic carbocycles. The fraction of sp³-hybridized carbons (Fsp3) is 0. The van der Waals surface area contributed by atoms with E-state index in [1.807, 2.05) is 84.9 Å². The van der Waals surface area contributed by atoms with Crippen LogP contribution in [0.5, 0.6) is 23.0 Å². The molecule has 0 fully saturated rings. The average Bonchev–Trinajstić information content (AvgIpc) is 2.74. The summed E-state index contributed by atoms with van der Waals surface area (Å²) in [6.07, 6.45) is 0. The van der Waals surface area contributed by atoms with Crippen LogP contribution in [-0.2, 0) is 0 Å². The summed E-state index contributed by atoms with van der Waals surface area (Å²) in [5, 5.41) is 0. The molecule has 0 heterocycles.